The van der Waals surface area contributed by atoms with E-state index in [-0.39, 0.29) is 22.9 Å². The standard InChI is InChI=1S/C21H32O2/c1-12-5-7-20(3)14(9-12)11-17(22)18-15(20)6-8-21(4)16(18)10-13(2)19(21)23/h11-13,15-16,18-19,23H,5-10H2,1-4H3/t12-,13-,15?,16?,18?,19+,20+,21+/m1/s1. The van der Waals surface area contributed by atoms with Gasteiger partial charge in [-0.15, -0.1) is 0 Å². The Labute approximate surface area is 140 Å². The Morgan fingerprint density at radius 3 is 2.61 bits per heavy atom. The molecule has 1 N–H and O–H groups in total. The number of aliphatic hydroxyl groups is 1. The van der Waals surface area contributed by atoms with Crippen LogP contribution in [-0.2, 0) is 4.79 Å². The molecule has 0 heterocycles. The van der Waals surface area contributed by atoms with Gasteiger partial charge < -0.3 is 5.11 Å². The summed E-state index contributed by atoms with van der Waals surface area (Å²) in [4.78, 5) is 13.1. The molecular weight excluding hydrogens is 284 g/mol. The average Bonchev–Trinajstić information content (AvgIpc) is 2.73. The summed E-state index contributed by atoms with van der Waals surface area (Å²) in [5.41, 5.74) is 1.64. The summed E-state index contributed by atoms with van der Waals surface area (Å²) in [6, 6.07) is 0. The lowest BCUT2D eigenvalue weighted by Crippen LogP contribution is -2.53. The quantitative estimate of drug-likeness (QED) is 0.720. The fraction of sp³-hybridized carbons (Fsp3) is 0.857. The number of ketones is 1. The fourth-order valence-electron chi connectivity index (χ4n) is 6.93. The summed E-state index contributed by atoms with van der Waals surface area (Å²) in [6.45, 7) is 9.18. The van der Waals surface area contributed by atoms with Crippen LogP contribution in [0.15, 0.2) is 11.6 Å². The van der Waals surface area contributed by atoms with Crippen LogP contribution in [0.5, 0.6) is 0 Å². The van der Waals surface area contributed by atoms with Crippen molar-refractivity contribution < 1.29 is 9.90 Å². The van der Waals surface area contributed by atoms with Crippen molar-refractivity contribution in [2.45, 2.75) is 72.3 Å². The molecule has 3 saturated carbocycles. The van der Waals surface area contributed by atoms with Gasteiger partial charge in [0.05, 0.1) is 6.10 Å². The third-order valence-electron chi connectivity index (χ3n) is 8.47. The number of carbonyl (C=O) groups excluding carboxylic acids is 1. The highest BCUT2D eigenvalue weighted by atomic mass is 16.3. The van der Waals surface area contributed by atoms with Crippen molar-refractivity contribution in [2.75, 3.05) is 0 Å². The van der Waals surface area contributed by atoms with Crippen molar-refractivity contribution in [1.29, 1.82) is 0 Å². The number of carbonyl (C=O) groups is 1. The highest BCUT2D eigenvalue weighted by Gasteiger charge is 2.62. The summed E-state index contributed by atoms with van der Waals surface area (Å²) < 4.78 is 0. The topological polar surface area (TPSA) is 37.3 Å². The maximum Gasteiger partial charge on any atom is 0.159 e. The highest BCUT2D eigenvalue weighted by molar-refractivity contribution is 5.94. The van der Waals surface area contributed by atoms with Crippen molar-refractivity contribution in [2.24, 2.45) is 40.4 Å². The van der Waals surface area contributed by atoms with Gasteiger partial charge in [-0.1, -0.05) is 33.3 Å². The van der Waals surface area contributed by atoms with E-state index in [0.717, 1.165) is 31.6 Å². The van der Waals surface area contributed by atoms with Crippen LogP contribution in [0.1, 0.15) is 66.2 Å². The molecule has 0 aromatic carbocycles. The van der Waals surface area contributed by atoms with Gasteiger partial charge in [0.1, 0.15) is 0 Å². The maximum absolute atomic E-state index is 13.1. The first-order valence-corrected chi connectivity index (χ1v) is 9.70. The summed E-state index contributed by atoms with van der Waals surface area (Å²) in [7, 11) is 0. The predicted octanol–water partition coefficient (Wildman–Crippen LogP) is 4.37. The molecular formula is C21H32O2. The molecule has 0 amide bonds. The summed E-state index contributed by atoms with van der Waals surface area (Å²) in [5, 5.41) is 10.7. The molecule has 2 heteroatoms. The van der Waals surface area contributed by atoms with E-state index in [4.69, 9.17) is 0 Å². The normalized spacial score (nSPS) is 55.7. The predicted molar refractivity (Wildman–Crippen MR) is 91.8 cm³/mol. The second-order valence-electron chi connectivity index (χ2n) is 9.78. The van der Waals surface area contributed by atoms with Crippen LogP contribution in [0.4, 0.5) is 0 Å². The van der Waals surface area contributed by atoms with Gasteiger partial charge in [0, 0.05) is 5.92 Å². The molecule has 3 fully saturated rings. The smallest absolute Gasteiger partial charge is 0.159 e. The van der Waals surface area contributed by atoms with Gasteiger partial charge in [-0.2, -0.15) is 0 Å². The Bertz CT molecular complexity index is 564. The first-order chi connectivity index (χ1) is 10.8. The van der Waals surface area contributed by atoms with E-state index in [9.17, 15) is 9.90 Å². The molecule has 3 unspecified atom stereocenters. The van der Waals surface area contributed by atoms with Crippen LogP contribution < -0.4 is 0 Å². The van der Waals surface area contributed by atoms with Crippen molar-refractivity contribution >= 4 is 5.78 Å². The minimum atomic E-state index is -0.231. The van der Waals surface area contributed by atoms with Crippen molar-refractivity contribution in [3.05, 3.63) is 11.6 Å². The molecule has 23 heavy (non-hydrogen) atoms. The van der Waals surface area contributed by atoms with Gasteiger partial charge in [0.2, 0.25) is 0 Å². The van der Waals surface area contributed by atoms with Crippen molar-refractivity contribution in [1.82, 2.24) is 0 Å². The highest BCUT2D eigenvalue weighted by Crippen LogP contribution is 2.65. The molecule has 4 aliphatic rings. The van der Waals surface area contributed by atoms with Gasteiger partial charge in [-0.3, -0.25) is 4.79 Å². The van der Waals surface area contributed by atoms with E-state index in [1.54, 1.807) is 0 Å². The van der Waals surface area contributed by atoms with Crippen LogP contribution >= 0.6 is 0 Å². The van der Waals surface area contributed by atoms with Gasteiger partial charge in [0.15, 0.2) is 5.78 Å². The largest absolute Gasteiger partial charge is 0.392 e. The number of hydrogen-bond acceptors (Lipinski definition) is 2. The monoisotopic (exact) mass is 316 g/mol. The third kappa shape index (κ3) is 2.00. The molecule has 0 spiro atoms. The number of allylic oxidation sites excluding steroid dienone is 2. The maximum atomic E-state index is 13.1. The first kappa shape index (κ1) is 15.9. The van der Waals surface area contributed by atoms with Gasteiger partial charge in [-0.25, -0.2) is 0 Å². The molecule has 4 rings (SSSR count). The van der Waals surface area contributed by atoms with E-state index in [1.807, 2.05) is 6.08 Å². The van der Waals surface area contributed by atoms with Crippen molar-refractivity contribution in [3.63, 3.8) is 0 Å². The number of hydrogen-bond donors (Lipinski definition) is 1. The van der Waals surface area contributed by atoms with Crippen LogP contribution in [0, 0.1) is 40.4 Å². The van der Waals surface area contributed by atoms with Crippen LogP contribution in [0.25, 0.3) is 0 Å². The van der Waals surface area contributed by atoms with E-state index in [1.165, 1.54) is 18.4 Å². The first-order valence-electron chi connectivity index (χ1n) is 9.70. The second-order valence-corrected chi connectivity index (χ2v) is 9.78. The molecule has 2 nitrogen and oxygen atoms in total. The summed E-state index contributed by atoms with van der Waals surface area (Å²) >= 11 is 0. The van der Waals surface area contributed by atoms with E-state index >= 15 is 0 Å². The van der Waals surface area contributed by atoms with E-state index in [2.05, 4.69) is 27.7 Å². The Hall–Kier alpha value is -0.630. The van der Waals surface area contributed by atoms with Gasteiger partial charge in [0.25, 0.3) is 0 Å². The summed E-state index contributed by atoms with van der Waals surface area (Å²) in [5.74, 6) is 2.50. The molecule has 0 radical (unpaired) electrons. The molecule has 128 valence electrons. The zero-order valence-corrected chi connectivity index (χ0v) is 15.1. The Kier molecular flexibility index (Phi) is 3.41. The van der Waals surface area contributed by atoms with E-state index in [0.29, 0.717) is 23.5 Å². The van der Waals surface area contributed by atoms with E-state index < -0.39 is 0 Å². The minimum Gasteiger partial charge on any atom is -0.392 e. The second kappa shape index (κ2) is 4.94. The zero-order chi connectivity index (χ0) is 16.6. The Morgan fingerprint density at radius 2 is 1.87 bits per heavy atom. The number of fused-ring (bicyclic) bond motifs is 5. The molecule has 0 aromatic rings. The lowest BCUT2D eigenvalue weighted by atomic mass is 9.47. The molecule has 0 bridgehead atoms. The van der Waals surface area contributed by atoms with Gasteiger partial charge in [-0.05, 0) is 79.1 Å². The lowest BCUT2D eigenvalue weighted by molar-refractivity contribution is -0.136. The Morgan fingerprint density at radius 1 is 1.13 bits per heavy atom. The Balaban J connectivity index is 1.75. The van der Waals surface area contributed by atoms with Crippen LogP contribution in [0.2, 0.25) is 0 Å². The SMILES string of the molecule is C[C@@H]1CC[C@@]2(C)C(=CC(=O)C3C2CC[C@@]2(C)C3C[C@@H](C)[C@@H]2O)C1. The number of aliphatic hydroxyl groups excluding tert-OH is 1. The van der Waals surface area contributed by atoms with Gasteiger partial charge >= 0.3 is 0 Å². The zero-order valence-electron chi connectivity index (χ0n) is 15.1. The third-order valence-corrected chi connectivity index (χ3v) is 8.47. The lowest BCUT2D eigenvalue weighted by Gasteiger charge is -2.56. The molecule has 4 aliphatic carbocycles. The molecule has 0 saturated heterocycles. The van der Waals surface area contributed by atoms with Crippen molar-refractivity contribution in [3.8, 4) is 0 Å². The van der Waals surface area contributed by atoms with Crippen LogP contribution in [-0.4, -0.2) is 17.0 Å². The molecule has 8 atom stereocenters. The van der Waals surface area contributed by atoms with Crippen LogP contribution in [0.3, 0.4) is 0 Å². The summed E-state index contributed by atoms with van der Waals surface area (Å²) in [6.07, 6.45) is 8.71. The number of rotatable bonds is 0. The fourth-order valence-corrected chi connectivity index (χ4v) is 6.93. The minimum absolute atomic E-state index is 0.0418. The molecule has 0 aliphatic heterocycles. The average molecular weight is 316 g/mol. The molecule has 0 aromatic heterocycles.